The van der Waals surface area contributed by atoms with Crippen LogP contribution in [0.2, 0.25) is 5.02 Å². The first kappa shape index (κ1) is 18.6. The van der Waals surface area contributed by atoms with Crippen LogP contribution in [0.15, 0.2) is 53.4 Å². The van der Waals surface area contributed by atoms with Crippen LogP contribution < -0.4 is 0 Å². The third-order valence-corrected chi connectivity index (χ3v) is 6.77. The molecule has 0 spiro atoms. The third-order valence-electron chi connectivity index (χ3n) is 5.41. The molecular formula is C22H22ClNO2S. The van der Waals surface area contributed by atoms with Crippen LogP contribution in [0.25, 0.3) is 5.57 Å². The Labute approximate surface area is 169 Å². The van der Waals surface area contributed by atoms with Crippen molar-refractivity contribution in [2.24, 2.45) is 5.92 Å². The molecule has 0 saturated carbocycles. The van der Waals surface area contributed by atoms with Crippen LogP contribution >= 0.6 is 23.4 Å². The smallest absolute Gasteiger partial charge is 0.306 e. The van der Waals surface area contributed by atoms with Crippen molar-refractivity contribution < 1.29 is 9.90 Å². The summed E-state index contributed by atoms with van der Waals surface area (Å²) in [6, 6.07) is 14.7. The lowest BCUT2D eigenvalue weighted by atomic mass is 9.93. The highest BCUT2D eigenvalue weighted by atomic mass is 35.5. The van der Waals surface area contributed by atoms with E-state index in [9.17, 15) is 9.90 Å². The van der Waals surface area contributed by atoms with Crippen LogP contribution in [0.1, 0.15) is 29.5 Å². The van der Waals surface area contributed by atoms with E-state index in [-0.39, 0.29) is 5.92 Å². The lowest BCUT2D eigenvalue weighted by Crippen LogP contribution is -2.36. The Morgan fingerprint density at radius 2 is 1.96 bits per heavy atom. The summed E-state index contributed by atoms with van der Waals surface area (Å²) in [4.78, 5) is 14.8. The molecule has 0 radical (unpaired) electrons. The van der Waals surface area contributed by atoms with E-state index in [2.05, 4.69) is 47.4 Å². The molecule has 2 aliphatic rings. The van der Waals surface area contributed by atoms with E-state index in [4.69, 9.17) is 11.6 Å². The molecule has 0 amide bonds. The third kappa shape index (κ3) is 4.08. The van der Waals surface area contributed by atoms with Gasteiger partial charge >= 0.3 is 5.97 Å². The van der Waals surface area contributed by atoms with Gasteiger partial charge in [-0.2, -0.15) is 0 Å². The van der Waals surface area contributed by atoms with Crippen molar-refractivity contribution in [3.8, 4) is 0 Å². The summed E-state index contributed by atoms with van der Waals surface area (Å²) >= 11 is 8.17. The molecule has 1 fully saturated rings. The highest BCUT2D eigenvalue weighted by Crippen LogP contribution is 2.41. The predicted molar refractivity (Wildman–Crippen MR) is 111 cm³/mol. The minimum atomic E-state index is -0.661. The number of carboxylic acids is 1. The number of carbonyl (C=O) groups is 1. The van der Waals surface area contributed by atoms with Gasteiger partial charge in [0.1, 0.15) is 0 Å². The zero-order valence-corrected chi connectivity index (χ0v) is 16.6. The highest BCUT2D eigenvalue weighted by molar-refractivity contribution is 7.98. The second kappa shape index (κ2) is 8.09. The number of hydrogen-bond donors (Lipinski definition) is 1. The quantitative estimate of drug-likeness (QED) is 0.772. The van der Waals surface area contributed by atoms with Crippen molar-refractivity contribution in [1.82, 2.24) is 4.90 Å². The molecule has 0 aliphatic carbocycles. The van der Waals surface area contributed by atoms with E-state index in [0.717, 1.165) is 43.3 Å². The lowest BCUT2D eigenvalue weighted by molar-refractivity contribution is -0.143. The lowest BCUT2D eigenvalue weighted by Gasteiger charge is -2.29. The molecule has 0 aromatic heterocycles. The zero-order valence-electron chi connectivity index (χ0n) is 15.0. The molecule has 140 valence electrons. The number of thioether (sulfide) groups is 1. The number of benzene rings is 2. The van der Waals surface area contributed by atoms with Crippen LogP contribution in [0.4, 0.5) is 0 Å². The van der Waals surface area contributed by atoms with Crippen LogP contribution in [0.5, 0.6) is 0 Å². The molecule has 3 nitrogen and oxygen atoms in total. The summed E-state index contributed by atoms with van der Waals surface area (Å²) in [5, 5.41) is 9.94. The van der Waals surface area contributed by atoms with Crippen molar-refractivity contribution >= 4 is 34.9 Å². The van der Waals surface area contributed by atoms with Crippen LogP contribution in [-0.2, 0) is 10.5 Å². The number of halogens is 1. The van der Waals surface area contributed by atoms with E-state index >= 15 is 0 Å². The van der Waals surface area contributed by atoms with E-state index in [1.165, 1.54) is 27.2 Å². The van der Waals surface area contributed by atoms with Gasteiger partial charge in [-0.15, -0.1) is 11.8 Å². The summed E-state index contributed by atoms with van der Waals surface area (Å²) in [5.74, 6) is 0.0985. The topological polar surface area (TPSA) is 40.5 Å². The highest BCUT2D eigenvalue weighted by Gasteiger charge is 2.24. The van der Waals surface area contributed by atoms with Crippen molar-refractivity contribution in [1.29, 1.82) is 0 Å². The Morgan fingerprint density at radius 3 is 2.74 bits per heavy atom. The van der Waals surface area contributed by atoms with E-state index in [1.54, 1.807) is 0 Å². The monoisotopic (exact) mass is 399 g/mol. The van der Waals surface area contributed by atoms with Gasteiger partial charge in [-0.1, -0.05) is 41.9 Å². The minimum absolute atomic E-state index is 0.191. The maximum Gasteiger partial charge on any atom is 0.306 e. The molecule has 0 bridgehead atoms. The zero-order chi connectivity index (χ0) is 18.8. The van der Waals surface area contributed by atoms with Gasteiger partial charge in [-0.3, -0.25) is 9.69 Å². The average molecular weight is 400 g/mol. The average Bonchev–Trinajstić information content (AvgIpc) is 2.83. The number of piperidine rings is 1. The summed E-state index contributed by atoms with van der Waals surface area (Å²) in [5.41, 5.74) is 5.03. The molecule has 27 heavy (non-hydrogen) atoms. The standard InChI is InChI=1S/C22H22ClNO2S/c23-17-5-6-21-20(13-17)19(18-4-2-1-3-16(18)14-27-21)9-12-24-10-7-15(8-11-24)22(25)26/h1-6,9,13,15H,7-8,10-12,14H2,(H,25,26)/b19-9-. The van der Waals surface area contributed by atoms with Crippen molar-refractivity contribution in [3.05, 3.63) is 70.3 Å². The first-order chi connectivity index (χ1) is 13.1. The SMILES string of the molecule is O=C(O)C1CCN(C/C=C2/c3ccccc3CSc3ccc(Cl)cc32)CC1. The molecule has 0 unspecified atom stereocenters. The van der Waals surface area contributed by atoms with E-state index < -0.39 is 5.97 Å². The van der Waals surface area contributed by atoms with Crippen LogP contribution in [0, 0.1) is 5.92 Å². The second-order valence-corrected chi connectivity index (χ2v) is 8.57. The number of fused-ring (bicyclic) bond motifs is 2. The number of nitrogens with zero attached hydrogens (tertiary/aromatic N) is 1. The largest absolute Gasteiger partial charge is 0.481 e. The fourth-order valence-corrected chi connectivity index (χ4v) is 5.07. The number of likely N-dealkylation sites (tertiary alicyclic amines) is 1. The number of carboxylic acid groups (broad SMARTS) is 1. The Hall–Kier alpha value is -1.75. The van der Waals surface area contributed by atoms with Crippen molar-refractivity contribution in [2.45, 2.75) is 23.5 Å². The molecule has 1 saturated heterocycles. The summed E-state index contributed by atoms with van der Waals surface area (Å²) in [6.07, 6.45) is 3.75. The minimum Gasteiger partial charge on any atom is -0.481 e. The van der Waals surface area contributed by atoms with Gasteiger partial charge in [-0.25, -0.2) is 0 Å². The fourth-order valence-electron chi connectivity index (χ4n) is 3.85. The summed E-state index contributed by atoms with van der Waals surface area (Å²) in [6.45, 7) is 2.49. The maximum absolute atomic E-state index is 11.2. The maximum atomic E-state index is 11.2. The predicted octanol–water partition coefficient (Wildman–Crippen LogP) is 5.17. The van der Waals surface area contributed by atoms with Crippen LogP contribution in [0.3, 0.4) is 0 Å². The van der Waals surface area contributed by atoms with Gasteiger partial charge in [-0.05, 0) is 66.4 Å². The molecule has 2 heterocycles. The molecule has 2 aromatic rings. The van der Waals surface area contributed by atoms with Gasteiger partial charge in [0.25, 0.3) is 0 Å². The Balaban J connectivity index is 1.64. The molecular weight excluding hydrogens is 378 g/mol. The normalized spacial score (nSPS) is 19.4. The first-order valence-electron chi connectivity index (χ1n) is 9.28. The van der Waals surface area contributed by atoms with Crippen molar-refractivity contribution in [3.63, 3.8) is 0 Å². The van der Waals surface area contributed by atoms with Gasteiger partial charge in [0, 0.05) is 22.2 Å². The van der Waals surface area contributed by atoms with Crippen LogP contribution in [-0.4, -0.2) is 35.6 Å². The van der Waals surface area contributed by atoms with E-state index in [1.807, 2.05) is 17.8 Å². The Kier molecular flexibility index (Phi) is 5.58. The number of rotatable bonds is 3. The first-order valence-corrected chi connectivity index (χ1v) is 10.6. The molecule has 4 rings (SSSR count). The van der Waals surface area contributed by atoms with Crippen molar-refractivity contribution in [2.75, 3.05) is 19.6 Å². The van der Waals surface area contributed by atoms with Gasteiger partial charge < -0.3 is 5.11 Å². The van der Waals surface area contributed by atoms with Gasteiger partial charge in [0.2, 0.25) is 0 Å². The number of hydrogen-bond acceptors (Lipinski definition) is 3. The summed E-state index contributed by atoms with van der Waals surface area (Å²) < 4.78 is 0. The second-order valence-electron chi connectivity index (χ2n) is 7.12. The number of aliphatic carboxylic acids is 1. The fraction of sp³-hybridized carbons (Fsp3) is 0.318. The molecule has 2 aromatic carbocycles. The summed E-state index contributed by atoms with van der Waals surface area (Å²) in [7, 11) is 0. The van der Waals surface area contributed by atoms with E-state index in [0.29, 0.717) is 0 Å². The molecule has 1 N–H and O–H groups in total. The van der Waals surface area contributed by atoms with Gasteiger partial charge in [0.15, 0.2) is 0 Å². The Morgan fingerprint density at radius 1 is 1.19 bits per heavy atom. The molecule has 5 heteroatoms. The molecule has 0 atom stereocenters. The van der Waals surface area contributed by atoms with Gasteiger partial charge in [0.05, 0.1) is 5.92 Å². The molecule has 2 aliphatic heterocycles. The Bertz CT molecular complexity index is 888.